The zero-order chi connectivity index (χ0) is 18.5. The Morgan fingerprint density at radius 2 is 1.92 bits per heavy atom. The number of hydrogen-bond acceptors (Lipinski definition) is 6. The third kappa shape index (κ3) is 4.83. The molecular formula is C17H20FN5O2S. The van der Waals surface area contributed by atoms with E-state index in [1.807, 2.05) is 0 Å². The van der Waals surface area contributed by atoms with Gasteiger partial charge in [0.15, 0.2) is 0 Å². The first kappa shape index (κ1) is 18.4. The number of amides is 2. The second-order valence-electron chi connectivity index (χ2n) is 6.26. The highest BCUT2D eigenvalue weighted by Crippen LogP contribution is 2.20. The molecule has 0 spiro atoms. The van der Waals surface area contributed by atoms with Crippen LogP contribution in [-0.4, -0.2) is 40.0 Å². The predicted octanol–water partition coefficient (Wildman–Crippen LogP) is 1.30. The van der Waals surface area contributed by atoms with E-state index in [2.05, 4.69) is 20.4 Å². The summed E-state index contributed by atoms with van der Waals surface area (Å²) in [6.45, 7) is 2.46. The molecule has 2 amide bonds. The van der Waals surface area contributed by atoms with E-state index in [0.29, 0.717) is 18.1 Å². The molecule has 1 fully saturated rings. The molecule has 9 heteroatoms. The van der Waals surface area contributed by atoms with Gasteiger partial charge in [-0.1, -0.05) is 23.5 Å². The molecule has 1 aromatic carbocycles. The fourth-order valence-electron chi connectivity index (χ4n) is 2.84. The quantitative estimate of drug-likeness (QED) is 0.790. The minimum absolute atomic E-state index is 0.0477. The van der Waals surface area contributed by atoms with Gasteiger partial charge in [0.1, 0.15) is 10.8 Å². The molecule has 0 unspecified atom stereocenters. The maximum absolute atomic E-state index is 12.9. The van der Waals surface area contributed by atoms with E-state index < -0.39 is 0 Å². The van der Waals surface area contributed by atoms with E-state index in [9.17, 15) is 14.0 Å². The van der Waals surface area contributed by atoms with Gasteiger partial charge in [0.05, 0.1) is 6.54 Å². The van der Waals surface area contributed by atoms with Crippen LogP contribution in [0.25, 0.3) is 0 Å². The number of nitrogens with two attached hydrogens (primary N) is 1. The van der Waals surface area contributed by atoms with Gasteiger partial charge in [-0.15, -0.1) is 10.2 Å². The number of nitrogens with zero attached hydrogens (tertiary/aromatic N) is 3. The highest BCUT2D eigenvalue weighted by molar-refractivity contribution is 7.13. The Labute approximate surface area is 154 Å². The zero-order valence-electron chi connectivity index (χ0n) is 14.2. The summed E-state index contributed by atoms with van der Waals surface area (Å²) in [7, 11) is 0. The molecule has 1 aliphatic rings. The number of rotatable bonds is 6. The second-order valence-corrected chi connectivity index (χ2v) is 7.32. The van der Waals surface area contributed by atoms with Crippen molar-refractivity contribution in [2.75, 3.05) is 13.1 Å². The van der Waals surface area contributed by atoms with Gasteiger partial charge in [0.2, 0.25) is 10.9 Å². The van der Waals surface area contributed by atoms with E-state index in [0.717, 1.165) is 36.5 Å². The average molecular weight is 377 g/mol. The number of halogens is 1. The van der Waals surface area contributed by atoms with Crippen molar-refractivity contribution in [2.45, 2.75) is 25.9 Å². The van der Waals surface area contributed by atoms with Crippen molar-refractivity contribution in [1.29, 1.82) is 0 Å². The summed E-state index contributed by atoms with van der Waals surface area (Å²) in [6, 6.07) is 5.95. The molecule has 138 valence electrons. The van der Waals surface area contributed by atoms with Gasteiger partial charge in [0.25, 0.3) is 5.91 Å². The van der Waals surface area contributed by atoms with Crippen molar-refractivity contribution in [1.82, 2.24) is 20.4 Å². The van der Waals surface area contributed by atoms with Gasteiger partial charge in [-0.2, -0.15) is 0 Å². The summed E-state index contributed by atoms with van der Waals surface area (Å²) < 4.78 is 12.9. The molecule has 0 atom stereocenters. The number of carbonyl (C=O) groups is 2. The number of likely N-dealkylation sites (tertiary alicyclic amines) is 1. The number of aromatic nitrogens is 2. The minimum atomic E-state index is -0.311. The molecule has 0 aliphatic carbocycles. The predicted molar refractivity (Wildman–Crippen MR) is 94.7 cm³/mol. The number of hydrogen-bond donors (Lipinski definition) is 2. The smallest absolute Gasteiger partial charge is 0.282 e. The van der Waals surface area contributed by atoms with Gasteiger partial charge in [-0.25, -0.2) is 4.39 Å². The lowest BCUT2D eigenvalue weighted by atomic mass is 9.96. The minimum Gasteiger partial charge on any atom is -0.369 e. The number of piperidine rings is 1. The number of nitrogens with one attached hydrogen (secondary N) is 1. The van der Waals surface area contributed by atoms with E-state index in [1.165, 1.54) is 23.5 Å². The Morgan fingerprint density at radius 1 is 1.23 bits per heavy atom. The maximum Gasteiger partial charge on any atom is 0.282 e. The van der Waals surface area contributed by atoms with Crippen molar-refractivity contribution in [3.05, 3.63) is 45.7 Å². The van der Waals surface area contributed by atoms with Crippen LogP contribution in [-0.2, 0) is 17.9 Å². The Balaban J connectivity index is 1.48. The number of carbonyl (C=O) groups excluding carboxylic acids is 2. The van der Waals surface area contributed by atoms with Crippen LogP contribution >= 0.6 is 11.3 Å². The molecule has 2 heterocycles. The van der Waals surface area contributed by atoms with Crippen LogP contribution < -0.4 is 11.1 Å². The first-order valence-corrected chi connectivity index (χ1v) is 9.19. The van der Waals surface area contributed by atoms with E-state index in [4.69, 9.17) is 5.73 Å². The van der Waals surface area contributed by atoms with Crippen LogP contribution in [0, 0.1) is 11.7 Å². The molecule has 26 heavy (non-hydrogen) atoms. The van der Waals surface area contributed by atoms with E-state index in [-0.39, 0.29) is 23.5 Å². The van der Waals surface area contributed by atoms with Gasteiger partial charge >= 0.3 is 0 Å². The highest BCUT2D eigenvalue weighted by Gasteiger charge is 2.24. The van der Waals surface area contributed by atoms with Crippen LogP contribution in [0.3, 0.4) is 0 Å². The van der Waals surface area contributed by atoms with Crippen molar-refractivity contribution < 1.29 is 14.0 Å². The lowest BCUT2D eigenvalue weighted by Crippen LogP contribution is -2.38. The van der Waals surface area contributed by atoms with Gasteiger partial charge in [-0.05, 0) is 43.6 Å². The molecular weight excluding hydrogens is 357 g/mol. The normalized spacial score (nSPS) is 15.7. The van der Waals surface area contributed by atoms with Crippen molar-refractivity contribution in [2.24, 2.45) is 11.7 Å². The van der Waals surface area contributed by atoms with Crippen LogP contribution in [0.2, 0.25) is 0 Å². The summed E-state index contributed by atoms with van der Waals surface area (Å²) >= 11 is 1.25. The first-order valence-electron chi connectivity index (χ1n) is 8.38. The molecule has 0 saturated carbocycles. The molecule has 1 saturated heterocycles. The number of primary amides is 1. The molecule has 1 aromatic heterocycles. The topological polar surface area (TPSA) is 101 Å². The van der Waals surface area contributed by atoms with Gasteiger partial charge in [0, 0.05) is 12.5 Å². The highest BCUT2D eigenvalue weighted by atomic mass is 32.1. The van der Waals surface area contributed by atoms with Gasteiger partial charge < -0.3 is 11.1 Å². The Hall–Kier alpha value is -2.39. The fourth-order valence-corrected chi connectivity index (χ4v) is 3.63. The lowest BCUT2D eigenvalue weighted by Gasteiger charge is -2.29. The van der Waals surface area contributed by atoms with Crippen molar-refractivity contribution in [3.63, 3.8) is 0 Å². The Morgan fingerprint density at radius 3 is 2.58 bits per heavy atom. The molecule has 3 rings (SSSR count). The van der Waals surface area contributed by atoms with Crippen molar-refractivity contribution in [3.8, 4) is 0 Å². The third-order valence-electron chi connectivity index (χ3n) is 4.38. The average Bonchev–Trinajstić information content (AvgIpc) is 3.10. The summed E-state index contributed by atoms with van der Waals surface area (Å²) in [5.74, 6) is -0.895. The van der Waals surface area contributed by atoms with Crippen molar-refractivity contribution >= 4 is 23.2 Å². The maximum atomic E-state index is 12.9. The van der Waals surface area contributed by atoms with Crippen LogP contribution in [0.5, 0.6) is 0 Å². The van der Waals surface area contributed by atoms with Crippen LogP contribution in [0.4, 0.5) is 4.39 Å². The molecule has 0 radical (unpaired) electrons. The standard InChI is InChI=1S/C17H20FN5O2S/c18-13-3-1-11(2-4-13)9-20-16(25)17-22-21-14(26-17)10-23-7-5-12(6-8-23)15(19)24/h1-4,12H,5-10H2,(H2,19,24)(H,20,25). The third-order valence-corrected chi connectivity index (χ3v) is 5.28. The fraction of sp³-hybridized carbons (Fsp3) is 0.412. The molecule has 1 aliphatic heterocycles. The first-order chi connectivity index (χ1) is 12.5. The van der Waals surface area contributed by atoms with Crippen LogP contribution in [0.15, 0.2) is 24.3 Å². The van der Waals surface area contributed by atoms with E-state index in [1.54, 1.807) is 12.1 Å². The zero-order valence-corrected chi connectivity index (χ0v) is 15.0. The monoisotopic (exact) mass is 377 g/mol. The Bertz CT molecular complexity index is 772. The van der Waals surface area contributed by atoms with E-state index >= 15 is 0 Å². The number of benzene rings is 1. The summed E-state index contributed by atoms with van der Waals surface area (Å²) in [4.78, 5) is 25.5. The molecule has 0 bridgehead atoms. The lowest BCUT2D eigenvalue weighted by molar-refractivity contribution is -0.123. The Kier molecular flexibility index (Phi) is 5.89. The summed E-state index contributed by atoms with van der Waals surface area (Å²) in [5, 5.41) is 11.8. The summed E-state index contributed by atoms with van der Waals surface area (Å²) in [5.41, 5.74) is 6.15. The molecule has 3 N–H and O–H groups in total. The molecule has 2 aromatic rings. The SMILES string of the molecule is NC(=O)C1CCN(Cc2nnc(C(=O)NCc3ccc(F)cc3)s2)CC1. The molecule has 7 nitrogen and oxygen atoms in total. The largest absolute Gasteiger partial charge is 0.369 e. The van der Waals surface area contributed by atoms with Gasteiger partial charge in [-0.3, -0.25) is 14.5 Å². The summed E-state index contributed by atoms with van der Waals surface area (Å²) in [6.07, 6.45) is 1.50. The van der Waals surface area contributed by atoms with Crippen LogP contribution in [0.1, 0.15) is 33.2 Å². The second kappa shape index (κ2) is 8.33.